The number of benzene rings is 1. The number of hydrogen-bond acceptors (Lipinski definition) is 4. The number of nitrogens with one attached hydrogen (secondary N) is 1. The van der Waals surface area contributed by atoms with Crippen LogP contribution in [0.1, 0.15) is 17.5 Å². The maximum Gasteiger partial charge on any atom is 0.230 e. The number of carbonyl (C=O) groups is 2. The molecule has 2 aromatic rings. The van der Waals surface area contributed by atoms with Crippen molar-refractivity contribution in [1.82, 2.24) is 4.98 Å². The van der Waals surface area contributed by atoms with Gasteiger partial charge in [-0.25, -0.2) is 0 Å². The van der Waals surface area contributed by atoms with E-state index in [2.05, 4.69) is 10.3 Å². The van der Waals surface area contributed by atoms with Crippen LogP contribution in [-0.2, 0) is 16.1 Å². The molecule has 0 aliphatic heterocycles. The molecule has 0 radical (unpaired) electrons. The summed E-state index contributed by atoms with van der Waals surface area (Å²) >= 11 is 6.00. The molecular weight excluding hydrogens is 330 g/mol. The summed E-state index contributed by atoms with van der Waals surface area (Å²) in [7, 11) is 0. The molecule has 1 aromatic heterocycles. The zero-order valence-electron chi connectivity index (χ0n) is 13.2. The summed E-state index contributed by atoms with van der Waals surface area (Å²) in [6.07, 6.45) is 3.09. The van der Waals surface area contributed by atoms with Gasteiger partial charge in [0.1, 0.15) is 12.6 Å². The molecular formula is C17H18ClN3O3. The molecule has 3 N–H and O–H groups in total. The first kappa shape index (κ1) is 17.9. The van der Waals surface area contributed by atoms with E-state index in [4.69, 9.17) is 11.6 Å². The van der Waals surface area contributed by atoms with Gasteiger partial charge in [0.05, 0.1) is 12.4 Å². The highest BCUT2D eigenvalue weighted by Crippen LogP contribution is 2.20. The number of carbonyl (C=O) groups excluding carboxylic acids is 2. The molecule has 7 heteroatoms. The highest BCUT2D eigenvalue weighted by Gasteiger charge is 2.18. The SMILES string of the molecule is Cc1ccc(NC(=O)C[C@H]([NH2+]Cc2cccnc2)C(=O)[O-])cc1Cl. The minimum atomic E-state index is -1.28. The molecule has 1 aromatic carbocycles. The Kier molecular flexibility index (Phi) is 6.28. The van der Waals surface area contributed by atoms with Gasteiger partial charge in [-0.1, -0.05) is 23.7 Å². The summed E-state index contributed by atoms with van der Waals surface area (Å²) in [6, 6.07) is 7.75. The number of anilines is 1. The van der Waals surface area contributed by atoms with Crippen LogP contribution in [0.4, 0.5) is 5.69 Å². The fourth-order valence-corrected chi connectivity index (χ4v) is 2.32. The minimum absolute atomic E-state index is 0.200. The molecule has 0 fully saturated rings. The van der Waals surface area contributed by atoms with Crippen LogP contribution in [0.2, 0.25) is 5.02 Å². The number of pyridine rings is 1. The Morgan fingerprint density at radius 2 is 2.17 bits per heavy atom. The Labute approximate surface area is 144 Å². The second kappa shape index (κ2) is 8.42. The molecule has 0 saturated heterocycles. The Balaban J connectivity index is 1.92. The van der Waals surface area contributed by atoms with Crippen molar-refractivity contribution in [3.8, 4) is 0 Å². The summed E-state index contributed by atoms with van der Waals surface area (Å²) in [5.41, 5.74) is 2.29. The van der Waals surface area contributed by atoms with E-state index in [0.29, 0.717) is 17.3 Å². The summed E-state index contributed by atoms with van der Waals surface area (Å²) in [5, 5.41) is 16.0. The number of aryl methyl sites for hydroxylation is 1. The smallest absolute Gasteiger partial charge is 0.230 e. The number of aromatic nitrogens is 1. The van der Waals surface area contributed by atoms with Crippen molar-refractivity contribution in [3.05, 3.63) is 58.9 Å². The van der Waals surface area contributed by atoms with Crippen molar-refractivity contribution in [3.63, 3.8) is 0 Å². The second-order valence-electron chi connectivity index (χ2n) is 5.44. The molecule has 0 saturated carbocycles. The van der Waals surface area contributed by atoms with Crippen molar-refractivity contribution in [2.24, 2.45) is 0 Å². The van der Waals surface area contributed by atoms with Crippen LogP contribution >= 0.6 is 11.6 Å². The first-order valence-corrected chi connectivity index (χ1v) is 7.82. The monoisotopic (exact) mass is 347 g/mol. The molecule has 126 valence electrons. The molecule has 0 aliphatic carbocycles. The van der Waals surface area contributed by atoms with Crippen molar-refractivity contribution in [1.29, 1.82) is 0 Å². The Hall–Kier alpha value is -2.44. The number of nitrogens with zero attached hydrogens (tertiary/aromatic N) is 1. The number of carboxylic acids is 1. The van der Waals surface area contributed by atoms with E-state index in [0.717, 1.165) is 11.1 Å². The van der Waals surface area contributed by atoms with Crippen LogP contribution in [0, 0.1) is 6.92 Å². The highest BCUT2D eigenvalue weighted by atomic mass is 35.5. The number of quaternary nitrogens is 1. The maximum atomic E-state index is 12.1. The fourth-order valence-electron chi connectivity index (χ4n) is 2.14. The van der Waals surface area contributed by atoms with E-state index in [-0.39, 0.29) is 6.42 Å². The third-order valence-electron chi connectivity index (χ3n) is 3.52. The van der Waals surface area contributed by atoms with E-state index in [9.17, 15) is 14.7 Å². The average molecular weight is 348 g/mol. The molecule has 6 nitrogen and oxygen atoms in total. The highest BCUT2D eigenvalue weighted by molar-refractivity contribution is 6.31. The predicted octanol–water partition coefficient (Wildman–Crippen LogP) is 0.254. The number of aliphatic carboxylic acids is 1. The molecule has 2 rings (SSSR count). The van der Waals surface area contributed by atoms with Crippen LogP contribution in [-0.4, -0.2) is 22.9 Å². The van der Waals surface area contributed by atoms with Gasteiger partial charge >= 0.3 is 0 Å². The van der Waals surface area contributed by atoms with Gasteiger partial charge in [0.15, 0.2) is 0 Å². The third kappa shape index (κ3) is 5.33. The maximum absolute atomic E-state index is 12.1. The van der Waals surface area contributed by atoms with E-state index >= 15 is 0 Å². The van der Waals surface area contributed by atoms with Gasteiger partial charge in [0.25, 0.3) is 0 Å². The minimum Gasteiger partial charge on any atom is -0.544 e. The number of halogens is 1. The molecule has 0 bridgehead atoms. The summed E-state index contributed by atoms with van der Waals surface area (Å²) in [5.74, 6) is -1.69. The average Bonchev–Trinajstić information content (AvgIpc) is 2.55. The topological polar surface area (TPSA) is 98.7 Å². The van der Waals surface area contributed by atoms with Gasteiger partial charge in [-0.05, 0) is 30.7 Å². The van der Waals surface area contributed by atoms with Crippen molar-refractivity contribution in [2.75, 3.05) is 5.32 Å². The summed E-state index contributed by atoms with van der Waals surface area (Å²) in [4.78, 5) is 27.3. The van der Waals surface area contributed by atoms with E-state index < -0.39 is 17.9 Å². The lowest BCUT2D eigenvalue weighted by Crippen LogP contribution is -2.92. The fraction of sp³-hybridized carbons (Fsp3) is 0.235. The first-order valence-electron chi connectivity index (χ1n) is 7.45. The largest absolute Gasteiger partial charge is 0.544 e. The van der Waals surface area contributed by atoms with Gasteiger partial charge in [0, 0.05) is 28.7 Å². The van der Waals surface area contributed by atoms with Gasteiger partial charge in [-0.2, -0.15) is 0 Å². The van der Waals surface area contributed by atoms with Crippen molar-refractivity contribution >= 4 is 29.2 Å². The number of carboxylic acid groups (broad SMARTS) is 1. The van der Waals surface area contributed by atoms with E-state index in [1.54, 1.807) is 42.0 Å². The molecule has 1 atom stereocenters. The van der Waals surface area contributed by atoms with Gasteiger partial charge in [-0.15, -0.1) is 0 Å². The molecule has 0 aliphatic rings. The summed E-state index contributed by atoms with van der Waals surface area (Å²) in [6.45, 7) is 2.25. The lowest BCUT2D eigenvalue weighted by atomic mass is 10.1. The van der Waals surface area contributed by atoms with Crippen LogP contribution in [0.5, 0.6) is 0 Å². The summed E-state index contributed by atoms with van der Waals surface area (Å²) < 4.78 is 0. The second-order valence-corrected chi connectivity index (χ2v) is 5.85. The van der Waals surface area contributed by atoms with Crippen LogP contribution in [0.25, 0.3) is 0 Å². The van der Waals surface area contributed by atoms with Crippen molar-refractivity contribution < 1.29 is 20.0 Å². The lowest BCUT2D eigenvalue weighted by molar-refractivity contribution is -0.697. The standard InChI is InChI=1S/C17H18ClN3O3/c1-11-4-5-13(7-14(11)18)21-16(22)8-15(17(23)24)20-10-12-3-2-6-19-9-12/h2-7,9,15,20H,8,10H2,1H3,(H,21,22)(H,23,24)/t15-/m0/s1. The number of nitrogens with two attached hydrogens (primary N) is 1. The Morgan fingerprint density at radius 3 is 2.79 bits per heavy atom. The van der Waals surface area contributed by atoms with E-state index in [1.807, 2.05) is 13.0 Å². The zero-order chi connectivity index (χ0) is 17.5. The van der Waals surface area contributed by atoms with Gasteiger partial charge in [0.2, 0.25) is 5.91 Å². The van der Waals surface area contributed by atoms with Crippen LogP contribution < -0.4 is 15.7 Å². The van der Waals surface area contributed by atoms with Crippen LogP contribution in [0.15, 0.2) is 42.7 Å². The zero-order valence-corrected chi connectivity index (χ0v) is 13.9. The normalized spacial score (nSPS) is 11.8. The number of amides is 1. The predicted molar refractivity (Wildman–Crippen MR) is 88.1 cm³/mol. The molecule has 24 heavy (non-hydrogen) atoms. The third-order valence-corrected chi connectivity index (χ3v) is 3.93. The lowest BCUT2D eigenvalue weighted by Gasteiger charge is -2.16. The molecule has 1 heterocycles. The number of hydrogen-bond donors (Lipinski definition) is 2. The first-order chi connectivity index (χ1) is 11.5. The Bertz CT molecular complexity index is 722. The molecule has 0 unspecified atom stereocenters. The number of rotatable bonds is 7. The van der Waals surface area contributed by atoms with Crippen molar-refractivity contribution in [2.45, 2.75) is 25.9 Å². The molecule has 0 spiro atoms. The van der Waals surface area contributed by atoms with Gasteiger partial charge in [-0.3, -0.25) is 9.78 Å². The van der Waals surface area contributed by atoms with E-state index in [1.165, 1.54) is 0 Å². The van der Waals surface area contributed by atoms with Crippen LogP contribution in [0.3, 0.4) is 0 Å². The Morgan fingerprint density at radius 1 is 1.38 bits per heavy atom. The van der Waals surface area contributed by atoms with Gasteiger partial charge < -0.3 is 20.5 Å². The quantitative estimate of drug-likeness (QED) is 0.750. The molecule has 1 amide bonds.